The SMILES string of the molecule is C#Cc1cccc(OC(=O)c2cc(N3C(=O)c4ccc(C#C)cc4C3=O)cc(N3C(=O)c4ccc(C#C)cc4C3=O)c2)c1. The molecule has 0 saturated carbocycles. The van der Waals surface area contributed by atoms with E-state index < -0.39 is 29.6 Å². The number of amides is 4. The lowest BCUT2D eigenvalue weighted by atomic mass is 10.1. The van der Waals surface area contributed by atoms with Gasteiger partial charge in [0.05, 0.1) is 39.2 Å². The average Bonchev–Trinajstić information content (AvgIpc) is 3.43. The fourth-order valence-corrected chi connectivity index (χ4v) is 4.92. The van der Waals surface area contributed by atoms with Crippen molar-refractivity contribution >= 4 is 41.0 Å². The quantitative estimate of drug-likeness (QED) is 0.158. The molecule has 0 aromatic heterocycles. The molecule has 0 saturated heterocycles. The zero-order valence-corrected chi connectivity index (χ0v) is 22.1. The third-order valence-electron chi connectivity index (χ3n) is 6.97. The number of carbonyl (C=O) groups excluding carboxylic acids is 5. The minimum absolute atomic E-state index is 0.0728. The zero-order chi connectivity index (χ0) is 30.4. The predicted octanol–water partition coefficient (Wildman–Crippen LogP) is 4.45. The van der Waals surface area contributed by atoms with Crippen molar-refractivity contribution < 1.29 is 28.7 Å². The summed E-state index contributed by atoms with van der Waals surface area (Å²) in [5.74, 6) is 3.79. The second-order valence-electron chi connectivity index (χ2n) is 9.50. The summed E-state index contributed by atoms with van der Waals surface area (Å²) in [4.78, 5) is 68.8. The number of fused-ring (bicyclic) bond motifs is 2. The number of anilines is 2. The molecule has 0 atom stereocenters. The summed E-state index contributed by atoms with van der Waals surface area (Å²) in [6.07, 6.45) is 16.4. The van der Waals surface area contributed by atoms with Crippen molar-refractivity contribution in [2.75, 3.05) is 9.80 Å². The first-order valence-electron chi connectivity index (χ1n) is 12.7. The van der Waals surface area contributed by atoms with Gasteiger partial charge in [-0.2, -0.15) is 0 Å². The summed E-state index contributed by atoms with van der Waals surface area (Å²) in [5, 5.41) is 0. The van der Waals surface area contributed by atoms with Gasteiger partial charge in [0.25, 0.3) is 23.6 Å². The van der Waals surface area contributed by atoms with Crippen LogP contribution in [0, 0.1) is 37.0 Å². The molecule has 0 bridgehead atoms. The van der Waals surface area contributed by atoms with Gasteiger partial charge in [-0.3, -0.25) is 19.2 Å². The Labute approximate surface area is 245 Å². The summed E-state index contributed by atoms with van der Waals surface area (Å²) in [7, 11) is 0. The maximum atomic E-state index is 13.5. The first-order chi connectivity index (χ1) is 20.7. The van der Waals surface area contributed by atoms with Gasteiger partial charge in [-0.25, -0.2) is 14.6 Å². The van der Waals surface area contributed by atoms with Gasteiger partial charge in [-0.1, -0.05) is 23.8 Å². The molecular formula is C35H16N2O6. The number of esters is 1. The molecule has 4 amide bonds. The Hall–Kier alpha value is -6.69. The topological polar surface area (TPSA) is 101 Å². The summed E-state index contributed by atoms with van der Waals surface area (Å²) >= 11 is 0. The lowest BCUT2D eigenvalue weighted by Gasteiger charge is -2.20. The maximum Gasteiger partial charge on any atom is 0.343 e. The van der Waals surface area contributed by atoms with E-state index in [9.17, 15) is 24.0 Å². The van der Waals surface area contributed by atoms with Crippen molar-refractivity contribution in [3.8, 4) is 42.8 Å². The van der Waals surface area contributed by atoms with Crippen LogP contribution in [0.15, 0.2) is 78.9 Å². The number of hydrogen-bond donors (Lipinski definition) is 0. The van der Waals surface area contributed by atoms with Crippen LogP contribution in [-0.4, -0.2) is 29.6 Å². The van der Waals surface area contributed by atoms with Gasteiger partial charge in [0, 0.05) is 16.7 Å². The largest absolute Gasteiger partial charge is 0.423 e. The Bertz CT molecular complexity index is 1990. The zero-order valence-electron chi connectivity index (χ0n) is 22.1. The van der Waals surface area contributed by atoms with Crippen LogP contribution >= 0.6 is 0 Å². The van der Waals surface area contributed by atoms with Crippen LogP contribution in [0.4, 0.5) is 11.4 Å². The summed E-state index contributed by atoms with van der Waals surface area (Å²) in [5.41, 5.74) is 1.31. The molecule has 0 radical (unpaired) electrons. The first kappa shape index (κ1) is 26.5. The molecule has 8 heteroatoms. The number of hydrogen-bond acceptors (Lipinski definition) is 6. The fourth-order valence-electron chi connectivity index (χ4n) is 4.92. The van der Waals surface area contributed by atoms with Crippen LogP contribution in [0.2, 0.25) is 0 Å². The van der Waals surface area contributed by atoms with Crippen LogP contribution in [-0.2, 0) is 0 Å². The highest BCUT2D eigenvalue weighted by atomic mass is 16.5. The molecule has 4 aromatic rings. The summed E-state index contributed by atoms with van der Waals surface area (Å²) in [6.45, 7) is 0. The Morgan fingerprint density at radius 1 is 0.558 bits per heavy atom. The van der Waals surface area contributed by atoms with Crippen LogP contribution < -0.4 is 14.5 Å². The maximum absolute atomic E-state index is 13.5. The lowest BCUT2D eigenvalue weighted by molar-refractivity contribution is 0.0732. The van der Waals surface area contributed by atoms with Gasteiger partial charge in [-0.15, -0.1) is 19.3 Å². The van der Waals surface area contributed by atoms with Crippen molar-refractivity contribution in [1.82, 2.24) is 0 Å². The van der Waals surface area contributed by atoms with Gasteiger partial charge in [0.15, 0.2) is 0 Å². The molecule has 8 nitrogen and oxygen atoms in total. The van der Waals surface area contributed by atoms with Gasteiger partial charge >= 0.3 is 5.97 Å². The van der Waals surface area contributed by atoms with E-state index in [0.29, 0.717) is 16.7 Å². The van der Waals surface area contributed by atoms with E-state index in [1.807, 2.05) is 0 Å². The standard InChI is InChI=1S/C35H16N2O6/c1-4-20-8-7-9-26(14-20)43-35(42)23-17-24(36-31(38)27-12-10-21(5-2)15-29(27)33(36)40)19-25(18-23)37-32(39)28-13-11-22(6-3)16-30(28)34(37)41/h1-3,7-19H. The number of imide groups is 2. The second-order valence-corrected chi connectivity index (χ2v) is 9.50. The molecular weight excluding hydrogens is 544 g/mol. The van der Waals surface area contributed by atoms with Crippen molar-refractivity contribution in [3.63, 3.8) is 0 Å². The predicted molar refractivity (Wildman–Crippen MR) is 157 cm³/mol. The monoisotopic (exact) mass is 560 g/mol. The first-order valence-corrected chi connectivity index (χ1v) is 12.7. The Balaban J connectivity index is 1.47. The van der Waals surface area contributed by atoms with Crippen LogP contribution in [0.5, 0.6) is 5.75 Å². The third kappa shape index (κ3) is 4.31. The number of carbonyl (C=O) groups is 5. The molecule has 0 spiro atoms. The molecule has 2 aliphatic rings. The van der Waals surface area contributed by atoms with E-state index in [1.54, 1.807) is 12.1 Å². The van der Waals surface area contributed by atoms with Crippen molar-refractivity contribution in [2.45, 2.75) is 0 Å². The van der Waals surface area contributed by atoms with Gasteiger partial charge in [-0.05, 0) is 72.8 Å². The average molecular weight is 561 g/mol. The number of terminal acetylenes is 3. The third-order valence-corrected chi connectivity index (χ3v) is 6.97. The van der Waals surface area contributed by atoms with Gasteiger partial charge in [0.1, 0.15) is 5.75 Å². The molecule has 2 aliphatic heterocycles. The minimum atomic E-state index is -0.894. The molecule has 6 rings (SSSR count). The highest BCUT2D eigenvalue weighted by Gasteiger charge is 2.40. The van der Waals surface area contributed by atoms with Crippen LogP contribution in [0.25, 0.3) is 0 Å². The number of rotatable bonds is 4. The molecule has 0 aliphatic carbocycles. The Kier molecular flexibility index (Phi) is 6.20. The molecule has 202 valence electrons. The Morgan fingerprint density at radius 3 is 1.51 bits per heavy atom. The van der Waals surface area contributed by atoms with E-state index >= 15 is 0 Å². The minimum Gasteiger partial charge on any atom is -0.423 e. The van der Waals surface area contributed by atoms with Gasteiger partial charge in [0.2, 0.25) is 0 Å². The molecule has 2 heterocycles. The number of benzene rings is 4. The van der Waals surface area contributed by atoms with Crippen LogP contribution in [0.3, 0.4) is 0 Å². The lowest BCUT2D eigenvalue weighted by Crippen LogP contribution is -2.32. The van der Waals surface area contributed by atoms with Crippen LogP contribution in [0.1, 0.15) is 68.5 Å². The highest BCUT2D eigenvalue weighted by molar-refractivity contribution is 6.36. The van der Waals surface area contributed by atoms with E-state index in [0.717, 1.165) is 9.80 Å². The summed E-state index contributed by atoms with van der Waals surface area (Å²) in [6, 6.07) is 18.8. The molecule has 0 N–H and O–H groups in total. The van der Waals surface area contributed by atoms with Crippen molar-refractivity contribution in [1.29, 1.82) is 0 Å². The number of ether oxygens (including phenoxy) is 1. The van der Waals surface area contributed by atoms with E-state index in [2.05, 4.69) is 17.8 Å². The highest BCUT2D eigenvalue weighted by Crippen LogP contribution is 2.36. The Morgan fingerprint density at radius 2 is 1.02 bits per heavy atom. The van der Waals surface area contributed by atoms with E-state index in [-0.39, 0.29) is 44.9 Å². The van der Waals surface area contributed by atoms with Crippen molar-refractivity contribution in [3.05, 3.63) is 123 Å². The normalized spacial score (nSPS) is 13.2. The van der Waals surface area contributed by atoms with Crippen molar-refractivity contribution in [2.24, 2.45) is 0 Å². The van der Waals surface area contributed by atoms with Gasteiger partial charge < -0.3 is 4.74 Å². The smallest absolute Gasteiger partial charge is 0.343 e. The number of nitrogens with zero attached hydrogens (tertiary/aromatic N) is 2. The van der Waals surface area contributed by atoms with E-state index in [4.69, 9.17) is 24.0 Å². The molecule has 4 aromatic carbocycles. The fraction of sp³-hybridized carbons (Fsp3) is 0. The summed E-state index contributed by atoms with van der Waals surface area (Å²) < 4.78 is 5.51. The molecule has 0 fully saturated rings. The molecule has 0 unspecified atom stereocenters. The molecule has 43 heavy (non-hydrogen) atoms. The van der Waals surface area contributed by atoms with E-state index in [1.165, 1.54) is 66.7 Å². The second kappa shape index (κ2) is 10.1.